The average molecular weight is 348 g/mol. The van der Waals surface area contributed by atoms with Crippen LogP contribution in [-0.4, -0.2) is 53.9 Å². The van der Waals surface area contributed by atoms with E-state index in [0.717, 1.165) is 17.7 Å². The third-order valence-electron chi connectivity index (χ3n) is 4.87. The lowest BCUT2D eigenvalue weighted by atomic mass is 9.83. The Balaban J connectivity index is 1.55. The molecule has 136 valence electrons. The van der Waals surface area contributed by atoms with Gasteiger partial charge in [-0.2, -0.15) is 0 Å². The maximum atomic E-state index is 12.4. The molecule has 7 heteroatoms. The van der Waals surface area contributed by atoms with Gasteiger partial charge in [0.2, 0.25) is 5.91 Å². The molecule has 0 unspecified atom stereocenters. The van der Waals surface area contributed by atoms with E-state index in [1.165, 1.54) is 0 Å². The lowest BCUT2D eigenvalue weighted by Crippen LogP contribution is -2.49. The van der Waals surface area contributed by atoms with E-state index in [1.807, 2.05) is 6.07 Å². The molecular formula is C18H24N2O5. The van der Waals surface area contributed by atoms with E-state index in [0.29, 0.717) is 31.4 Å². The predicted molar refractivity (Wildman–Crippen MR) is 90.3 cm³/mol. The van der Waals surface area contributed by atoms with Gasteiger partial charge in [0.15, 0.2) is 0 Å². The van der Waals surface area contributed by atoms with Crippen molar-refractivity contribution in [1.82, 2.24) is 10.6 Å². The topological polar surface area (TPSA) is 108 Å². The van der Waals surface area contributed by atoms with Gasteiger partial charge in [-0.3, -0.25) is 9.59 Å². The van der Waals surface area contributed by atoms with Crippen LogP contribution in [-0.2, 0) is 11.2 Å². The summed E-state index contributed by atoms with van der Waals surface area (Å²) in [5, 5.41) is 24.6. The Morgan fingerprint density at radius 3 is 2.88 bits per heavy atom. The Labute approximate surface area is 146 Å². The molecule has 4 N–H and O–H groups in total. The summed E-state index contributed by atoms with van der Waals surface area (Å²) >= 11 is 0. The van der Waals surface area contributed by atoms with Crippen LogP contribution in [0.3, 0.4) is 0 Å². The zero-order chi connectivity index (χ0) is 17.8. The van der Waals surface area contributed by atoms with Gasteiger partial charge in [0.25, 0.3) is 5.91 Å². The van der Waals surface area contributed by atoms with Gasteiger partial charge in [-0.15, -0.1) is 0 Å². The number of hydrogen-bond acceptors (Lipinski definition) is 5. The summed E-state index contributed by atoms with van der Waals surface area (Å²) in [6.45, 7) is 0.751. The van der Waals surface area contributed by atoms with Crippen LogP contribution < -0.4 is 15.4 Å². The zero-order valence-corrected chi connectivity index (χ0v) is 14.0. The summed E-state index contributed by atoms with van der Waals surface area (Å²) in [4.78, 5) is 24.4. The predicted octanol–water partition coefficient (Wildman–Crippen LogP) is -0.0106. The van der Waals surface area contributed by atoms with Crippen molar-refractivity contribution in [2.75, 3.05) is 19.8 Å². The number of aliphatic hydroxyl groups is 2. The second-order valence-electron chi connectivity index (χ2n) is 6.59. The minimum Gasteiger partial charge on any atom is -0.493 e. The molecule has 1 saturated carbocycles. The van der Waals surface area contributed by atoms with Crippen LogP contribution in [0.5, 0.6) is 5.75 Å². The van der Waals surface area contributed by atoms with Gasteiger partial charge in [0.05, 0.1) is 25.4 Å². The average Bonchev–Trinajstić information content (AvgIpc) is 3.08. The van der Waals surface area contributed by atoms with Crippen molar-refractivity contribution in [2.45, 2.75) is 37.8 Å². The molecule has 1 aliphatic heterocycles. The molecule has 1 aromatic rings. The zero-order valence-electron chi connectivity index (χ0n) is 14.0. The maximum Gasteiger partial charge on any atom is 0.251 e. The Morgan fingerprint density at radius 1 is 1.28 bits per heavy atom. The van der Waals surface area contributed by atoms with Gasteiger partial charge in [-0.1, -0.05) is 0 Å². The number of benzene rings is 1. The first-order valence-corrected chi connectivity index (χ1v) is 8.71. The Kier molecular flexibility index (Phi) is 5.55. The van der Waals surface area contributed by atoms with Crippen molar-refractivity contribution < 1.29 is 24.5 Å². The van der Waals surface area contributed by atoms with Gasteiger partial charge >= 0.3 is 0 Å². The highest BCUT2D eigenvalue weighted by atomic mass is 16.5. The van der Waals surface area contributed by atoms with Crippen LogP contribution in [0.25, 0.3) is 0 Å². The van der Waals surface area contributed by atoms with Crippen LogP contribution in [0.2, 0.25) is 0 Å². The Hall–Kier alpha value is -2.12. The molecule has 1 aromatic carbocycles. The normalized spacial score (nSPS) is 25.0. The fourth-order valence-electron chi connectivity index (χ4n) is 3.46. The van der Waals surface area contributed by atoms with Crippen molar-refractivity contribution in [3.05, 3.63) is 29.3 Å². The number of ether oxygens (including phenoxy) is 1. The largest absolute Gasteiger partial charge is 0.493 e. The number of carbonyl (C=O) groups is 2. The molecule has 1 heterocycles. The highest BCUT2D eigenvalue weighted by Crippen LogP contribution is 2.27. The van der Waals surface area contributed by atoms with Gasteiger partial charge in [-0.25, -0.2) is 0 Å². The first-order valence-electron chi connectivity index (χ1n) is 8.71. The summed E-state index contributed by atoms with van der Waals surface area (Å²) < 4.78 is 5.44. The molecule has 25 heavy (non-hydrogen) atoms. The molecule has 0 radical (unpaired) electrons. The third-order valence-corrected chi connectivity index (χ3v) is 4.87. The van der Waals surface area contributed by atoms with E-state index in [4.69, 9.17) is 9.84 Å². The van der Waals surface area contributed by atoms with Crippen molar-refractivity contribution >= 4 is 11.8 Å². The fourth-order valence-corrected chi connectivity index (χ4v) is 3.46. The van der Waals surface area contributed by atoms with E-state index in [2.05, 4.69) is 10.6 Å². The lowest BCUT2D eigenvalue weighted by molar-refractivity contribution is -0.127. The number of rotatable bonds is 5. The van der Waals surface area contributed by atoms with Crippen LogP contribution in [0.4, 0.5) is 0 Å². The van der Waals surface area contributed by atoms with Crippen LogP contribution in [0.1, 0.15) is 35.2 Å². The molecule has 0 aromatic heterocycles. The number of amides is 2. The van der Waals surface area contributed by atoms with Gasteiger partial charge in [0, 0.05) is 24.4 Å². The first-order chi connectivity index (χ1) is 12.1. The van der Waals surface area contributed by atoms with Gasteiger partial charge in [-0.05, 0) is 43.0 Å². The molecule has 2 aliphatic rings. The number of carbonyl (C=O) groups excluding carboxylic acids is 2. The second kappa shape index (κ2) is 7.84. The van der Waals surface area contributed by atoms with Crippen molar-refractivity contribution in [3.8, 4) is 5.75 Å². The molecule has 1 fully saturated rings. The summed E-state index contributed by atoms with van der Waals surface area (Å²) in [5.74, 6) is 0.163. The Morgan fingerprint density at radius 2 is 2.12 bits per heavy atom. The lowest BCUT2D eigenvalue weighted by Gasteiger charge is -2.33. The first kappa shape index (κ1) is 17.7. The van der Waals surface area contributed by atoms with E-state index in [1.54, 1.807) is 12.1 Å². The van der Waals surface area contributed by atoms with Crippen molar-refractivity contribution in [3.63, 3.8) is 0 Å². The quantitative estimate of drug-likeness (QED) is 0.599. The highest BCUT2D eigenvalue weighted by molar-refractivity contribution is 5.95. The maximum absolute atomic E-state index is 12.4. The molecule has 0 bridgehead atoms. The van der Waals surface area contributed by atoms with Crippen LogP contribution in [0, 0.1) is 5.92 Å². The van der Waals surface area contributed by atoms with E-state index in [-0.39, 0.29) is 36.9 Å². The van der Waals surface area contributed by atoms with Crippen LogP contribution in [0.15, 0.2) is 18.2 Å². The third kappa shape index (κ3) is 4.11. The van der Waals surface area contributed by atoms with E-state index >= 15 is 0 Å². The number of fused-ring (bicyclic) bond motifs is 1. The molecule has 0 saturated heterocycles. The van der Waals surface area contributed by atoms with Gasteiger partial charge in [0.1, 0.15) is 5.75 Å². The van der Waals surface area contributed by atoms with Crippen molar-refractivity contribution in [2.24, 2.45) is 5.92 Å². The molecule has 1 aliphatic carbocycles. The standard InChI is InChI=1S/C18H24N2O5/c21-7-6-19-17(23)13-1-3-14(15(22)10-13)20-18(24)12-2-4-16-11(9-12)5-8-25-16/h2,4,9,13-15,21-22H,1,3,5-8,10H2,(H,19,23)(H,20,24)/t13-,14-,15-/m0/s1. The molecular weight excluding hydrogens is 324 g/mol. The number of nitrogens with one attached hydrogen (secondary N) is 2. The highest BCUT2D eigenvalue weighted by Gasteiger charge is 2.33. The molecule has 3 rings (SSSR count). The smallest absolute Gasteiger partial charge is 0.251 e. The van der Waals surface area contributed by atoms with Crippen molar-refractivity contribution in [1.29, 1.82) is 0 Å². The molecule has 0 spiro atoms. The van der Waals surface area contributed by atoms with E-state index in [9.17, 15) is 14.7 Å². The molecule has 2 amide bonds. The minimum atomic E-state index is -0.764. The Bertz CT molecular complexity index is 648. The summed E-state index contributed by atoms with van der Waals surface area (Å²) in [7, 11) is 0. The van der Waals surface area contributed by atoms with Crippen LogP contribution >= 0.6 is 0 Å². The number of aliphatic hydroxyl groups excluding tert-OH is 2. The minimum absolute atomic E-state index is 0.106. The van der Waals surface area contributed by atoms with E-state index < -0.39 is 6.10 Å². The summed E-state index contributed by atoms with van der Waals surface area (Å²) in [6, 6.07) is 4.99. The molecule has 7 nitrogen and oxygen atoms in total. The number of hydrogen-bond donors (Lipinski definition) is 4. The summed E-state index contributed by atoms with van der Waals surface area (Å²) in [5.41, 5.74) is 1.58. The molecule has 3 atom stereocenters. The summed E-state index contributed by atoms with van der Waals surface area (Å²) in [6.07, 6.45) is 1.48. The second-order valence-corrected chi connectivity index (χ2v) is 6.59. The van der Waals surface area contributed by atoms with Gasteiger partial charge < -0.3 is 25.6 Å². The fraction of sp³-hybridized carbons (Fsp3) is 0.556. The SMILES string of the molecule is O=C(N[C@H]1CC[C@H](C(=O)NCCO)C[C@@H]1O)c1ccc2c(c1)CCO2. The monoisotopic (exact) mass is 348 g/mol.